The lowest BCUT2D eigenvalue weighted by atomic mass is 10.3. The molecule has 6 nitrogen and oxygen atoms in total. The Hall–Kier alpha value is -2.70. The number of ether oxygens (including phenoxy) is 1. The van der Waals surface area contributed by atoms with E-state index in [1.807, 2.05) is 6.92 Å². The Kier molecular flexibility index (Phi) is 4.65. The number of anilines is 1. The van der Waals surface area contributed by atoms with Gasteiger partial charge in [0.25, 0.3) is 0 Å². The highest BCUT2D eigenvalue weighted by molar-refractivity contribution is 5.50. The normalized spacial score (nSPS) is 10.2. The van der Waals surface area contributed by atoms with Crippen LogP contribution >= 0.6 is 0 Å². The quantitative estimate of drug-likeness (QED) is 0.648. The molecule has 0 aliphatic carbocycles. The fraction of sp³-hybridized carbons (Fsp3) is 0.214. The molecule has 1 N–H and O–H groups in total. The number of nitrogens with one attached hydrogen (secondary N) is 1. The number of halogens is 1. The number of pyridine rings is 1. The minimum atomic E-state index is -0.619. The van der Waals surface area contributed by atoms with Crippen LogP contribution in [-0.2, 0) is 0 Å². The van der Waals surface area contributed by atoms with Crippen molar-refractivity contribution in [2.75, 3.05) is 11.9 Å². The van der Waals surface area contributed by atoms with E-state index in [4.69, 9.17) is 4.74 Å². The summed E-state index contributed by atoms with van der Waals surface area (Å²) in [6, 6.07) is 6.22. The van der Waals surface area contributed by atoms with Crippen LogP contribution in [0.4, 0.5) is 15.9 Å². The molecule has 0 radical (unpaired) electrons. The summed E-state index contributed by atoms with van der Waals surface area (Å²) in [4.78, 5) is 14.4. The van der Waals surface area contributed by atoms with Crippen LogP contribution in [-0.4, -0.2) is 16.5 Å². The lowest BCUT2D eigenvalue weighted by molar-refractivity contribution is -0.385. The highest BCUT2D eigenvalue weighted by atomic mass is 19.1. The van der Waals surface area contributed by atoms with Gasteiger partial charge in [-0.2, -0.15) is 0 Å². The summed E-state index contributed by atoms with van der Waals surface area (Å²) in [6.45, 7) is 2.76. The zero-order valence-electron chi connectivity index (χ0n) is 11.4. The van der Waals surface area contributed by atoms with Crippen molar-refractivity contribution in [3.8, 4) is 11.5 Å². The maximum absolute atomic E-state index is 13.2. The second-order valence-electron chi connectivity index (χ2n) is 4.27. The number of hydrogen-bond acceptors (Lipinski definition) is 5. The Balaban J connectivity index is 2.25. The molecule has 0 fully saturated rings. The minimum absolute atomic E-state index is 0.146. The van der Waals surface area contributed by atoms with E-state index in [0.29, 0.717) is 11.6 Å². The van der Waals surface area contributed by atoms with Gasteiger partial charge in [-0.15, -0.1) is 0 Å². The second-order valence-corrected chi connectivity index (χ2v) is 4.27. The van der Waals surface area contributed by atoms with Gasteiger partial charge in [0, 0.05) is 30.9 Å². The molecule has 1 heterocycles. The molecule has 0 spiro atoms. The Morgan fingerprint density at radius 2 is 2.19 bits per heavy atom. The van der Waals surface area contributed by atoms with Crippen molar-refractivity contribution in [2.45, 2.75) is 13.3 Å². The summed E-state index contributed by atoms with van der Waals surface area (Å²) in [5.74, 6) is 0.187. The van der Waals surface area contributed by atoms with Crippen molar-refractivity contribution in [3.05, 3.63) is 52.5 Å². The number of nitro benzene ring substituents is 1. The van der Waals surface area contributed by atoms with Crippen LogP contribution in [0.25, 0.3) is 0 Å². The topological polar surface area (TPSA) is 77.3 Å². The number of nitrogens with zero attached hydrogens (tertiary/aromatic N) is 2. The molecule has 2 aromatic rings. The summed E-state index contributed by atoms with van der Waals surface area (Å²) < 4.78 is 18.6. The molecular weight excluding hydrogens is 277 g/mol. The standard InChI is InChI=1S/C14H14FN3O3/c1-2-6-16-14-9-11(5-7-17-14)21-13-8-10(15)3-4-12(13)18(19)20/h3-5,7-9H,2,6H2,1H3,(H,16,17). The SMILES string of the molecule is CCCNc1cc(Oc2cc(F)ccc2[N+](=O)[O-])ccn1. The van der Waals surface area contributed by atoms with Crippen LogP contribution in [0.3, 0.4) is 0 Å². The molecule has 0 bridgehead atoms. The van der Waals surface area contributed by atoms with Crippen molar-refractivity contribution >= 4 is 11.5 Å². The molecule has 0 amide bonds. The van der Waals surface area contributed by atoms with Gasteiger partial charge in [0.05, 0.1) is 4.92 Å². The molecule has 0 atom stereocenters. The Labute approximate surface area is 120 Å². The van der Waals surface area contributed by atoms with Crippen molar-refractivity contribution < 1.29 is 14.1 Å². The minimum Gasteiger partial charge on any atom is -0.450 e. The van der Waals surface area contributed by atoms with E-state index in [1.165, 1.54) is 6.20 Å². The number of hydrogen-bond donors (Lipinski definition) is 1. The average molecular weight is 291 g/mol. The Morgan fingerprint density at radius 3 is 2.90 bits per heavy atom. The molecule has 0 aliphatic heterocycles. The van der Waals surface area contributed by atoms with E-state index in [1.54, 1.807) is 12.1 Å². The van der Waals surface area contributed by atoms with Gasteiger partial charge >= 0.3 is 5.69 Å². The van der Waals surface area contributed by atoms with Gasteiger partial charge in [-0.3, -0.25) is 10.1 Å². The van der Waals surface area contributed by atoms with Gasteiger partial charge < -0.3 is 10.1 Å². The predicted octanol–water partition coefficient (Wildman–Crippen LogP) is 3.74. The molecular formula is C14H14FN3O3. The van der Waals surface area contributed by atoms with Crippen molar-refractivity contribution in [2.24, 2.45) is 0 Å². The monoisotopic (exact) mass is 291 g/mol. The molecule has 0 saturated carbocycles. The van der Waals surface area contributed by atoms with Crippen LogP contribution in [0, 0.1) is 15.9 Å². The van der Waals surface area contributed by atoms with E-state index >= 15 is 0 Å². The predicted molar refractivity (Wildman–Crippen MR) is 76.1 cm³/mol. The molecule has 110 valence electrons. The van der Waals surface area contributed by atoms with Crippen LogP contribution in [0.2, 0.25) is 0 Å². The molecule has 7 heteroatoms. The molecule has 0 unspecified atom stereocenters. The zero-order chi connectivity index (χ0) is 15.2. The first-order chi connectivity index (χ1) is 10.1. The second kappa shape index (κ2) is 6.65. The number of nitro groups is 1. The van der Waals surface area contributed by atoms with Gasteiger partial charge in [-0.1, -0.05) is 6.92 Å². The van der Waals surface area contributed by atoms with Gasteiger partial charge in [0.1, 0.15) is 17.4 Å². The first kappa shape index (κ1) is 14.7. The largest absolute Gasteiger partial charge is 0.450 e. The maximum Gasteiger partial charge on any atom is 0.311 e. The van der Waals surface area contributed by atoms with E-state index < -0.39 is 10.7 Å². The summed E-state index contributed by atoms with van der Waals surface area (Å²) in [6.07, 6.45) is 2.45. The fourth-order valence-corrected chi connectivity index (χ4v) is 1.67. The molecule has 2 rings (SSSR count). The number of aromatic nitrogens is 1. The smallest absolute Gasteiger partial charge is 0.311 e. The summed E-state index contributed by atoms with van der Waals surface area (Å²) in [7, 11) is 0. The average Bonchev–Trinajstić information content (AvgIpc) is 2.45. The van der Waals surface area contributed by atoms with Crippen molar-refractivity contribution in [1.82, 2.24) is 4.98 Å². The summed E-state index contributed by atoms with van der Waals surface area (Å²) >= 11 is 0. The van der Waals surface area contributed by atoms with Crippen LogP contribution in [0.1, 0.15) is 13.3 Å². The third kappa shape index (κ3) is 3.88. The highest BCUT2D eigenvalue weighted by Gasteiger charge is 2.16. The zero-order valence-corrected chi connectivity index (χ0v) is 11.4. The fourth-order valence-electron chi connectivity index (χ4n) is 1.67. The van der Waals surface area contributed by atoms with E-state index in [9.17, 15) is 14.5 Å². The van der Waals surface area contributed by atoms with E-state index in [2.05, 4.69) is 10.3 Å². The Bertz CT molecular complexity index is 649. The van der Waals surface area contributed by atoms with E-state index in [-0.39, 0.29) is 11.4 Å². The molecule has 1 aromatic heterocycles. The summed E-state index contributed by atoms with van der Waals surface area (Å²) in [5.41, 5.74) is -0.295. The van der Waals surface area contributed by atoms with Crippen molar-refractivity contribution in [3.63, 3.8) is 0 Å². The molecule has 21 heavy (non-hydrogen) atoms. The first-order valence-corrected chi connectivity index (χ1v) is 6.42. The number of rotatable bonds is 6. The highest BCUT2D eigenvalue weighted by Crippen LogP contribution is 2.32. The lowest BCUT2D eigenvalue weighted by Gasteiger charge is -2.08. The van der Waals surface area contributed by atoms with Gasteiger partial charge in [0.15, 0.2) is 0 Å². The number of benzene rings is 1. The van der Waals surface area contributed by atoms with Gasteiger partial charge in [-0.25, -0.2) is 9.37 Å². The Morgan fingerprint density at radius 1 is 1.38 bits per heavy atom. The van der Waals surface area contributed by atoms with Gasteiger partial charge in [0.2, 0.25) is 5.75 Å². The van der Waals surface area contributed by atoms with Crippen molar-refractivity contribution in [1.29, 1.82) is 0 Å². The van der Waals surface area contributed by atoms with Crippen LogP contribution in [0.15, 0.2) is 36.5 Å². The third-order valence-electron chi connectivity index (χ3n) is 2.63. The van der Waals surface area contributed by atoms with Crippen LogP contribution < -0.4 is 10.1 Å². The van der Waals surface area contributed by atoms with Gasteiger partial charge in [-0.05, 0) is 18.6 Å². The van der Waals surface area contributed by atoms with Crippen LogP contribution in [0.5, 0.6) is 11.5 Å². The van der Waals surface area contributed by atoms with E-state index in [0.717, 1.165) is 31.2 Å². The molecule has 0 saturated heterocycles. The summed E-state index contributed by atoms with van der Waals surface area (Å²) in [5, 5.41) is 14.0. The lowest BCUT2D eigenvalue weighted by Crippen LogP contribution is -2.01. The molecule has 0 aliphatic rings. The third-order valence-corrected chi connectivity index (χ3v) is 2.63. The first-order valence-electron chi connectivity index (χ1n) is 6.42. The molecule has 1 aromatic carbocycles. The maximum atomic E-state index is 13.2.